The molecule has 3 N–H and O–H groups in total. The average Bonchev–Trinajstić information content (AvgIpc) is 2.69. The molecule has 4 heteroatoms. The van der Waals surface area contributed by atoms with Gasteiger partial charge in [0, 0.05) is 23.6 Å². The van der Waals surface area contributed by atoms with Gasteiger partial charge in [-0.1, -0.05) is 66.7 Å². The monoisotopic (exact) mass is 358 g/mol. The minimum absolute atomic E-state index is 0.0490. The van der Waals surface area contributed by atoms with Crippen molar-refractivity contribution >= 4 is 17.5 Å². The fourth-order valence-electron chi connectivity index (χ4n) is 3.22. The maximum atomic E-state index is 12.8. The number of nitrogens with one attached hydrogen (secondary N) is 1. The van der Waals surface area contributed by atoms with Crippen molar-refractivity contribution in [2.75, 3.05) is 5.32 Å². The van der Waals surface area contributed by atoms with Gasteiger partial charge < -0.3 is 11.1 Å². The summed E-state index contributed by atoms with van der Waals surface area (Å²) in [6.07, 6.45) is 0.300. The number of primary amides is 1. The van der Waals surface area contributed by atoms with Gasteiger partial charge in [0.05, 0.1) is 0 Å². The molecule has 0 aliphatic carbocycles. The third-order valence-corrected chi connectivity index (χ3v) is 4.67. The van der Waals surface area contributed by atoms with Crippen LogP contribution in [0.5, 0.6) is 0 Å². The Labute approximate surface area is 159 Å². The summed E-state index contributed by atoms with van der Waals surface area (Å²) in [4.78, 5) is 24.3. The van der Waals surface area contributed by atoms with Crippen LogP contribution in [-0.4, -0.2) is 11.8 Å². The van der Waals surface area contributed by atoms with Crippen molar-refractivity contribution < 1.29 is 9.59 Å². The molecule has 0 saturated heterocycles. The van der Waals surface area contributed by atoms with E-state index in [2.05, 4.69) is 5.32 Å². The number of benzene rings is 3. The van der Waals surface area contributed by atoms with E-state index >= 15 is 0 Å². The Balaban J connectivity index is 1.84. The van der Waals surface area contributed by atoms with Gasteiger partial charge in [-0.25, -0.2) is 0 Å². The van der Waals surface area contributed by atoms with E-state index in [9.17, 15) is 9.59 Å². The smallest absolute Gasteiger partial charge is 0.249 e. The van der Waals surface area contributed by atoms with Crippen molar-refractivity contribution in [1.29, 1.82) is 0 Å². The molecular weight excluding hydrogens is 336 g/mol. The SMILES string of the molecule is Cc1c(NC(=O)CC(c2ccccc2)c2ccccc2)cccc1C(N)=O. The molecule has 0 atom stereocenters. The normalized spacial score (nSPS) is 10.6. The molecule has 0 spiro atoms. The molecule has 0 aromatic heterocycles. The second-order valence-electron chi connectivity index (χ2n) is 6.47. The molecule has 0 aliphatic rings. The lowest BCUT2D eigenvalue weighted by molar-refractivity contribution is -0.116. The number of carbonyl (C=O) groups excluding carboxylic acids is 2. The van der Waals surface area contributed by atoms with E-state index in [0.717, 1.165) is 11.1 Å². The van der Waals surface area contributed by atoms with Crippen molar-refractivity contribution in [3.05, 3.63) is 101 Å². The zero-order valence-corrected chi connectivity index (χ0v) is 15.2. The summed E-state index contributed by atoms with van der Waals surface area (Å²) in [6, 6.07) is 25.1. The van der Waals surface area contributed by atoms with Crippen LogP contribution in [0.2, 0.25) is 0 Å². The largest absolute Gasteiger partial charge is 0.366 e. The molecule has 136 valence electrons. The number of carbonyl (C=O) groups is 2. The van der Waals surface area contributed by atoms with E-state index in [1.165, 1.54) is 0 Å². The zero-order valence-electron chi connectivity index (χ0n) is 15.2. The van der Waals surface area contributed by atoms with Crippen LogP contribution in [0.25, 0.3) is 0 Å². The number of nitrogens with two attached hydrogens (primary N) is 1. The van der Waals surface area contributed by atoms with Crippen LogP contribution < -0.4 is 11.1 Å². The molecule has 27 heavy (non-hydrogen) atoms. The minimum Gasteiger partial charge on any atom is -0.366 e. The van der Waals surface area contributed by atoms with Crippen molar-refractivity contribution in [3.8, 4) is 0 Å². The lowest BCUT2D eigenvalue weighted by Gasteiger charge is -2.18. The lowest BCUT2D eigenvalue weighted by Crippen LogP contribution is -2.19. The summed E-state index contributed by atoms with van der Waals surface area (Å²) in [5.74, 6) is -0.667. The van der Waals surface area contributed by atoms with Crippen molar-refractivity contribution in [2.24, 2.45) is 5.73 Å². The van der Waals surface area contributed by atoms with Crippen molar-refractivity contribution in [2.45, 2.75) is 19.3 Å². The molecule has 3 aromatic rings. The zero-order chi connectivity index (χ0) is 19.2. The number of hydrogen-bond acceptors (Lipinski definition) is 2. The van der Waals surface area contributed by atoms with E-state index in [-0.39, 0.29) is 11.8 Å². The summed E-state index contributed by atoms with van der Waals surface area (Å²) in [7, 11) is 0. The highest BCUT2D eigenvalue weighted by molar-refractivity contribution is 5.98. The van der Waals surface area contributed by atoms with E-state index < -0.39 is 5.91 Å². The summed E-state index contributed by atoms with van der Waals surface area (Å²) >= 11 is 0. The van der Waals surface area contributed by atoms with Gasteiger partial charge in [-0.15, -0.1) is 0 Å². The molecule has 0 unspecified atom stereocenters. The molecule has 3 rings (SSSR count). The van der Waals surface area contributed by atoms with Crippen LogP contribution in [0.15, 0.2) is 78.9 Å². The Bertz CT molecular complexity index is 898. The number of hydrogen-bond donors (Lipinski definition) is 2. The Morgan fingerprint density at radius 1 is 0.852 bits per heavy atom. The molecule has 0 aliphatic heterocycles. The first kappa shape index (κ1) is 18.4. The third kappa shape index (κ3) is 4.42. The number of amides is 2. The topological polar surface area (TPSA) is 72.2 Å². The highest BCUT2D eigenvalue weighted by atomic mass is 16.2. The van der Waals surface area contributed by atoms with Gasteiger partial charge in [-0.2, -0.15) is 0 Å². The van der Waals surface area contributed by atoms with Crippen LogP contribution in [0.3, 0.4) is 0 Å². The maximum Gasteiger partial charge on any atom is 0.249 e. The number of anilines is 1. The molecule has 0 bridgehead atoms. The summed E-state index contributed by atoms with van der Waals surface area (Å²) in [6.45, 7) is 1.78. The van der Waals surface area contributed by atoms with Crippen LogP contribution in [0, 0.1) is 6.92 Å². The standard InChI is InChI=1S/C23H22N2O2/c1-16-19(23(24)27)13-8-14-21(16)25-22(26)15-20(17-9-4-2-5-10-17)18-11-6-3-7-12-18/h2-14,20H,15H2,1H3,(H2,24,27)(H,25,26). The first-order valence-electron chi connectivity index (χ1n) is 8.85. The Hall–Kier alpha value is -3.40. The second kappa shape index (κ2) is 8.32. The molecule has 0 saturated carbocycles. The summed E-state index contributed by atoms with van der Waals surface area (Å²) < 4.78 is 0. The lowest BCUT2D eigenvalue weighted by atomic mass is 9.88. The minimum atomic E-state index is -0.505. The van der Waals surface area contributed by atoms with Crippen LogP contribution in [0.4, 0.5) is 5.69 Å². The van der Waals surface area contributed by atoms with Gasteiger partial charge in [-0.3, -0.25) is 9.59 Å². The first-order chi connectivity index (χ1) is 13.1. The van der Waals surface area contributed by atoms with E-state index in [0.29, 0.717) is 23.2 Å². The summed E-state index contributed by atoms with van der Waals surface area (Å²) in [5, 5.41) is 2.93. The van der Waals surface area contributed by atoms with Gasteiger partial charge in [-0.05, 0) is 35.7 Å². The predicted molar refractivity (Wildman–Crippen MR) is 108 cm³/mol. The fraction of sp³-hybridized carbons (Fsp3) is 0.130. The Morgan fingerprint density at radius 3 is 1.93 bits per heavy atom. The highest BCUT2D eigenvalue weighted by Crippen LogP contribution is 2.29. The average molecular weight is 358 g/mol. The molecule has 0 radical (unpaired) electrons. The van der Waals surface area contributed by atoms with Crippen LogP contribution >= 0.6 is 0 Å². The Kier molecular flexibility index (Phi) is 5.67. The predicted octanol–water partition coefficient (Wildman–Crippen LogP) is 4.25. The molecular formula is C23H22N2O2. The Morgan fingerprint density at radius 2 is 1.41 bits per heavy atom. The van der Waals surface area contributed by atoms with Gasteiger partial charge in [0.2, 0.25) is 11.8 Å². The van der Waals surface area contributed by atoms with Crippen molar-refractivity contribution in [3.63, 3.8) is 0 Å². The second-order valence-corrected chi connectivity index (χ2v) is 6.47. The van der Waals surface area contributed by atoms with Gasteiger partial charge in [0.25, 0.3) is 0 Å². The van der Waals surface area contributed by atoms with Crippen molar-refractivity contribution in [1.82, 2.24) is 0 Å². The fourth-order valence-corrected chi connectivity index (χ4v) is 3.22. The van der Waals surface area contributed by atoms with E-state index in [1.807, 2.05) is 60.7 Å². The molecule has 2 amide bonds. The first-order valence-corrected chi connectivity index (χ1v) is 8.85. The molecule has 4 nitrogen and oxygen atoms in total. The van der Waals surface area contributed by atoms with Crippen LogP contribution in [-0.2, 0) is 4.79 Å². The third-order valence-electron chi connectivity index (χ3n) is 4.67. The van der Waals surface area contributed by atoms with E-state index in [4.69, 9.17) is 5.73 Å². The summed E-state index contributed by atoms with van der Waals surface area (Å²) in [5.41, 5.74) is 9.26. The molecule has 3 aromatic carbocycles. The quantitative estimate of drug-likeness (QED) is 0.691. The molecule has 0 heterocycles. The van der Waals surface area contributed by atoms with E-state index in [1.54, 1.807) is 25.1 Å². The number of rotatable bonds is 6. The molecule has 0 fully saturated rings. The van der Waals surface area contributed by atoms with Crippen LogP contribution in [0.1, 0.15) is 39.4 Å². The van der Waals surface area contributed by atoms with Gasteiger partial charge in [0.1, 0.15) is 0 Å². The van der Waals surface area contributed by atoms with Gasteiger partial charge >= 0.3 is 0 Å². The maximum absolute atomic E-state index is 12.8. The highest BCUT2D eigenvalue weighted by Gasteiger charge is 2.19. The van der Waals surface area contributed by atoms with Gasteiger partial charge in [0.15, 0.2) is 0 Å².